The number of rotatable bonds is 10. The molecule has 2 aromatic heterocycles. The number of aromatic nitrogens is 4. The molecule has 272 valence electrons. The largest absolute Gasteiger partial charge is 0.493 e. The third kappa shape index (κ3) is 6.93. The van der Waals surface area contributed by atoms with Gasteiger partial charge in [0.15, 0.2) is 0 Å². The van der Waals surface area contributed by atoms with E-state index in [0.717, 1.165) is 59.3 Å². The lowest BCUT2D eigenvalue weighted by Crippen LogP contribution is -2.24. The number of hydrogen-bond donors (Lipinski definition) is 2. The normalized spacial score (nSPS) is 14.0. The smallest absolute Gasteiger partial charge is 0.283 e. The van der Waals surface area contributed by atoms with Crippen molar-refractivity contribution < 1.29 is 10.2 Å². The maximum Gasteiger partial charge on any atom is 0.283 e. The van der Waals surface area contributed by atoms with E-state index in [0.29, 0.717) is 30.0 Å². The van der Waals surface area contributed by atoms with E-state index in [1.807, 2.05) is 109 Å². The highest BCUT2D eigenvalue weighted by Gasteiger charge is 2.23. The van der Waals surface area contributed by atoms with Gasteiger partial charge in [-0.15, -0.1) is 0 Å². The molecule has 8 rings (SSSR count). The molecule has 54 heavy (non-hydrogen) atoms. The van der Waals surface area contributed by atoms with E-state index in [1.54, 1.807) is 33.9 Å². The lowest BCUT2D eigenvalue weighted by atomic mass is 10.1. The zero-order chi connectivity index (χ0) is 37.6. The minimum absolute atomic E-state index is 0.0554. The van der Waals surface area contributed by atoms with Crippen LogP contribution in [0.1, 0.15) is 61.8 Å². The molecule has 0 unspecified atom stereocenters. The molecule has 0 spiro atoms. The highest BCUT2D eigenvalue weighted by molar-refractivity contribution is 6.22. The Morgan fingerprint density at radius 1 is 0.537 bits per heavy atom. The summed E-state index contributed by atoms with van der Waals surface area (Å²) in [6.07, 6.45) is 10.8. The molecule has 0 radical (unpaired) electrons. The van der Waals surface area contributed by atoms with Crippen LogP contribution in [0, 0.1) is 0 Å². The van der Waals surface area contributed by atoms with Crippen molar-refractivity contribution in [2.45, 2.75) is 52.6 Å². The van der Waals surface area contributed by atoms with Crippen molar-refractivity contribution in [3.63, 3.8) is 0 Å². The lowest BCUT2D eigenvalue weighted by Gasteiger charge is -2.12. The summed E-state index contributed by atoms with van der Waals surface area (Å²) in [5.74, 6) is -0.0600. The van der Waals surface area contributed by atoms with Crippen molar-refractivity contribution in [1.29, 1.82) is 0 Å². The average Bonchev–Trinajstić information content (AvgIpc) is 3.94. The van der Waals surface area contributed by atoms with E-state index in [9.17, 15) is 19.8 Å². The fourth-order valence-electron chi connectivity index (χ4n) is 6.65. The number of fused-ring (bicyclic) bond motifs is 2. The van der Waals surface area contributed by atoms with Gasteiger partial charge in [-0.3, -0.25) is 24.3 Å². The monoisotopic (exact) mass is 718 g/mol. The molecule has 0 fully saturated rings. The maximum atomic E-state index is 13.4. The van der Waals surface area contributed by atoms with Gasteiger partial charge in [0.25, 0.3) is 11.1 Å². The molecule has 2 aliphatic rings. The molecule has 4 heterocycles. The Labute approximate surface area is 313 Å². The van der Waals surface area contributed by atoms with E-state index in [2.05, 4.69) is 23.8 Å². The number of allylic oxidation sites excluding steroid dienone is 2. The van der Waals surface area contributed by atoms with Gasteiger partial charge in [-0.2, -0.15) is 0 Å². The predicted octanol–water partition coefficient (Wildman–Crippen LogP) is 8.80. The van der Waals surface area contributed by atoms with Crippen LogP contribution in [0.15, 0.2) is 129 Å². The number of aliphatic imine (C=N–C) groups is 2. The van der Waals surface area contributed by atoms with Gasteiger partial charge in [-0.25, -0.2) is 14.0 Å². The first-order chi connectivity index (χ1) is 26.4. The van der Waals surface area contributed by atoms with E-state index in [4.69, 9.17) is 0 Å². The van der Waals surface area contributed by atoms with Crippen LogP contribution < -0.4 is 11.1 Å². The summed E-state index contributed by atoms with van der Waals surface area (Å²) >= 11 is 0. The minimum Gasteiger partial charge on any atom is -0.493 e. The van der Waals surface area contributed by atoms with Gasteiger partial charge in [-0.1, -0.05) is 99.5 Å². The minimum atomic E-state index is -0.303. The molecule has 0 amide bonds. The fraction of sp³-hybridized carbons (Fsp3) is 0.182. The van der Waals surface area contributed by atoms with E-state index in [1.165, 1.54) is 9.36 Å². The standard InChI is InChI=1S/C24H17N3O2.C20H25N3O2/c28-23-21(15-17-16-25-22-14-8-7-13-20(17)22)24(29)27(19-11-5-2-6-12-19)26(23)18-9-3-1-4-10-18;1-3-5-11-22-19(24)17(20(25)23(22)12-6-4-2)13-15-14-21-18-10-8-7-9-16(15)18/h1-16,28H;7-10,13-14,24H,3-6,11-12H2,1-2H3. The first kappa shape index (κ1) is 35.7. The van der Waals surface area contributed by atoms with Gasteiger partial charge >= 0.3 is 0 Å². The molecule has 10 nitrogen and oxygen atoms in total. The number of unbranched alkanes of at least 4 members (excludes halogenated alkanes) is 2. The van der Waals surface area contributed by atoms with Crippen LogP contribution in [0.4, 0.5) is 11.4 Å². The van der Waals surface area contributed by atoms with Gasteiger partial charge in [0, 0.05) is 47.8 Å². The quantitative estimate of drug-likeness (QED) is 0.147. The van der Waals surface area contributed by atoms with Crippen LogP contribution in [0.3, 0.4) is 0 Å². The van der Waals surface area contributed by atoms with Gasteiger partial charge in [0.05, 0.1) is 22.7 Å². The number of para-hydroxylation sites is 4. The van der Waals surface area contributed by atoms with Crippen LogP contribution in [0.25, 0.3) is 34.7 Å². The van der Waals surface area contributed by atoms with Crippen LogP contribution >= 0.6 is 0 Å². The third-order valence-corrected chi connectivity index (χ3v) is 9.47. The summed E-state index contributed by atoms with van der Waals surface area (Å²) in [6, 6.07) is 34.1. The van der Waals surface area contributed by atoms with Crippen molar-refractivity contribution >= 4 is 47.1 Å². The van der Waals surface area contributed by atoms with Crippen molar-refractivity contribution in [3.8, 4) is 23.1 Å². The molecule has 0 saturated heterocycles. The van der Waals surface area contributed by atoms with E-state index < -0.39 is 0 Å². The highest BCUT2D eigenvalue weighted by Crippen LogP contribution is 2.35. The molecule has 0 aliphatic carbocycles. The molecule has 10 heteroatoms. The predicted molar refractivity (Wildman–Crippen MR) is 218 cm³/mol. The highest BCUT2D eigenvalue weighted by atomic mass is 16.3. The average molecular weight is 719 g/mol. The third-order valence-electron chi connectivity index (χ3n) is 9.47. The number of nitrogens with zero attached hydrogens (tertiary/aromatic N) is 6. The second-order valence-electron chi connectivity index (χ2n) is 13.1. The Bertz CT molecular complexity index is 2530. The number of aromatic hydroxyl groups is 2. The molecule has 0 atom stereocenters. The van der Waals surface area contributed by atoms with Gasteiger partial charge in [0.1, 0.15) is 11.1 Å². The van der Waals surface area contributed by atoms with Crippen LogP contribution in [-0.2, 0) is 13.1 Å². The Morgan fingerprint density at radius 3 is 1.50 bits per heavy atom. The zero-order valence-electron chi connectivity index (χ0n) is 30.3. The number of hydrogen-bond acceptors (Lipinski definition) is 6. The maximum absolute atomic E-state index is 13.4. The molecule has 6 aromatic rings. The molecular weight excluding hydrogens is 677 g/mol. The van der Waals surface area contributed by atoms with Gasteiger partial charge in [-0.05, 0) is 61.4 Å². The number of benzene rings is 4. The molecule has 0 saturated carbocycles. The summed E-state index contributed by atoms with van der Waals surface area (Å²) in [4.78, 5) is 35.0. The molecule has 2 aliphatic heterocycles. The Kier molecular flexibility index (Phi) is 10.5. The first-order valence-corrected chi connectivity index (χ1v) is 18.3. The van der Waals surface area contributed by atoms with Gasteiger partial charge < -0.3 is 10.2 Å². The lowest BCUT2D eigenvalue weighted by molar-refractivity contribution is 0.343. The Morgan fingerprint density at radius 2 is 0.981 bits per heavy atom. The van der Waals surface area contributed by atoms with Crippen molar-refractivity contribution in [3.05, 3.63) is 152 Å². The first-order valence-electron chi connectivity index (χ1n) is 18.3. The molecule has 0 bridgehead atoms. The topological polar surface area (TPSA) is 119 Å². The van der Waals surface area contributed by atoms with Gasteiger partial charge in [0.2, 0.25) is 11.8 Å². The van der Waals surface area contributed by atoms with Crippen molar-refractivity contribution in [2.24, 2.45) is 9.98 Å². The summed E-state index contributed by atoms with van der Waals surface area (Å²) in [5.41, 5.74) is 6.81. The fourth-order valence-corrected chi connectivity index (χ4v) is 6.65. The summed E-state index contributed by atoms with van der Waals surface area (Å²) in [6.45, 7) is 5.47. The summed E-state index contributed by atoms with van der Waals surface area (Å²) in [7, 11) is 0. The second kappa shape index (κ2) is 15.9. The van der Waals surface area contributed by atoms with E-state index >= 15 is 0 Å². The van der Waals surface area contributed by atoms with Crippen LogP contribution in [0.2, 0.25) is 0 Å². The van der Waals surface area contributed by atoms with Crippen LogP contribution in [0.5, 0.6) is 11.8 Å². The van der Waals surface area contributed by atoms with Crippen LogP contribution in [-0.4, -0.2) is 41.4 Å². The Balaban J connectivity index is 0.000000169. The zero-order valence-corrected chi connectivity index (χ0v) is 30.3. The SMILES string of the molecule is CCCCn1c(O)c(C=C2C=Nc3ccccc32)c(=O)n1CCCC.O=c1c(C=C2C=Nc3ccccc32)c(O)n(-c2ccccc2)n1-c1ccccc1. The van der Waals surface area contributed by atoms with Crippen molar-refractivity contribution in [1.82, 2.24) is 18.7 Å². The molecule has 4 aromatic carbocycles. The molecular formula is C44H42N6O4. The Hall–Kier alpha value is -6.68. The summed E-state index contributed by atoms with van der Waals surface area (Å²) in [5, 5.41) is 21.7. The second-order valence-corrected chi connectivity index (χ2v) is 13.1. The summed E-state index contributed by atoms with van der Waals surface area (Å²) < 4.78 is 6.42. The van der Waals surface area contributed by atoms with Crippen molar-refractivity contribution in [2.75, 3.05) is 0 Å². The molecule has 2 N–H and O–H groups in total. The van der Waals surface area contributed by atoms with E-state index in [-0.39, 0.29) is 28.4 Å².